The van der Waals surface area contributed by atoms with Gasteiger partial charge >= 0.3 is 0 Å². The number of amides is 1. The number of hydrogen-bond acceptors (Lipinski definition) is 4. The number of benzene rings is 1. The standard InChI is InChI=1S/C20H24N4O/c1-14-7-10-23(11-8-14)20-21-15(2)13-17(22-20)19(25)24-12-9-16-5-3-4-6-18(16)24/h3-6,13-14H,7-12H2,1-2H3. The average Bonchev–Trinajstić information content (AvgIpc) is 3.05. The third-order valence-electron chi connectivity index (χ3n) is 5.26. The molecule has 1 fully saturated rings. The molecule has 0 radical (unpaired) electrons. The number of piperidine rings is 1. The number of para-hydroxylation sites is 1. The molecule has 2 aliphatic rings. The van der Waals surface area contributed by atoms with Gasteiger partial charge in [0.25, 0.3) is 5.91 Å². The predicted octanol–water partition coefficient (Wildman–Crippen LogP) is 3.22. The summed E-state index contributed by atoms with van der Waals surface area (Å²) in [6.45, 7) is 6.87. The maximum absolute atomic E-state index is 13.1. The molecule has 1 aromatic heterocycles. The first kappa shape index (κ1) is 16.1. The Hall–Kier alpha value is -2.43. The number of anilines is 2. The van der Waals surface area contributed by atoms with E-state index in [9.17, 15) is 4.79 Å². The highest BCUT2D eigenvalue weighted by Gasteiger charge is 2.27. The summed E-state index contributed by atoms with van der Waals surface area (Å²) in [7, 11) is 0. The van der Waals surface area contributed by atoms with E-state index >= 15 is 0 Å². The van der Waals surface area contributed by atoms with E-state index in [4.69, 9.17) is 0 Å². The molecule has 0 atom stereocenters. The summed E-state index contributed by atoms with van der Waals surface area (Å²) in [5.74, 6) is 1.42. The lowest BCUT2D eigenvalue weighted by Gasteiger charge is -2.30. The number of carbonyl (C=O) groups excluding carboxylic acids is 1. The van der Waals surface area contributed by atoms with E-state index in [1.807, 2.05) is 30.0 Å². The van der Waals surface area contributed by atoms with Crippen LogP contribution < -0.4 is 9.80 Å². The Kier molecular flexibility index (Phi) is 4.15. The second kappa shape index (κ2) is 6.47. The summed E-state index contributed by atoms with van der Waals surface area (Å²) in [5.41, 5.74) is 3.58. The molecule has 2 aromatic rings. The van der Waals surface area contributed by atoms with Gasteiger partial charge < -0.3 is 9.80 Å². The van der Waals surface area contributed by atoms with Gasteiger partial charge in [0, 0.05) is 31.0 Å². The van der Waals surface area contributed by atoms with Gasteiger partial charge in [-0.05, 0) is 49.8 Å². The summed E-state index contributed by atoms with van der Waals surface area (Å²) in [6.07, 6.45) is 3.21. The molecule has 0 N–H and O–H groups in total. The number of aromatic nitrogens is 2. The molecular formula is C20H24N4O. The zero-order chi connectivity index (χ0) is 17.4. The highest BCUT2D eigenvalue weighted by Crippen LogP contribution is 2.29. The van der Waals surface area contributed by atoms with Gasteiger partial charge in [-0.25, -0.2) is 9.97 Å². The number of carbonyl (C=O) groups is 1. The first-order valence-corrected chi connectivity index (χ1v) is 9.12. The lowest BCUT2D eigenvalue weighted by Crippen LogP contribution is -2.35. The number of aryl methyl sites for hydroxylation is 1. The van der Waals surface area contributed by atoms with Gasteiger partial charge in [0.05, 0.1) is 0 Å². The Balaban J connectivity index is 1.61. The van der Waals surface area contributed by atoms with Crippen LogP contribution in [0.3, 0.4) is 0 Å². The third kappa shape index (κ3) is 3.11. The predicted molar refractivity (Wildman–Crippen MR) is 99.2 cm³/mol. The number of nitrogens with zero attached hydrogens (tertiary/aromatic N) is 4. The SMILES string of the molecule is Cc1cc(C(=O)N2CCc3ccccc32)nc(N2CCC(C)CC2)n1. The molecule has 1 saturated heterocycles. The van der Waals surface area contributed by atoms with Crippen LogP contribution in [0.15, 0.2) is 30.3 Å². The highest BCUT2D eigenvalue weighted by atomic mass is 16.2. The molecule has 0 spiro atoms. The van der Waals surface area contributed by atoms with Crippen molar-refractivity contribution in [2.45, 2.75) is 33.1 Å². The maximum Gasteiger partial charge on any atom is 0.277 e. The van der Waals surface area contributed by atoms with Crippen molar-refractivity contribution in [1.29, 1.82) is 0 Å². The summed E-state index contributed by atoms with van der Waals surface area (Å²) >= 11 is 0. The molecule has 0 unspecified atom stereocenters. The third-order valence-corrected chi connectivity index (χ3v) is 5.26. The van der Waals surface area contributed by atoms with Crippen LogP contribution in [0.25, 0.3) is 0 Å². The van der Waals surface area contributed by atoms with Crippen molar-refractivity contribution < 1.29 is 4.79 Å². The van der Waals surface area contributed by atoms with Gasteiger partial charge in [-0.1, -0.05) is 25.1 Å². The van der Waals surface area contributed by atoms with Gasteiger partial charge in [0.1, 0.15) is 5.69 Å². The van der Waals surface area contributed by atoms with E-state index in [0.29, 0.717) is 11.6 Å². The topological polar surface area (TPSA) is 49.3 Å². The van der Waals surface area contributed by atoms with Crippen LogP contribution in [0.1, 0.15) is 41.5 Å². The maximum atomic E-state index is 13.1. The Morgan fingerprint density at radius 2 is 1.88 bits per heavy atom. The fourth-order valence-electron chi connectivity index (χ4n) is 3.70. The van der Waals surface area contributed by atoms with Crippen molar-refractivity contribution in [2.75, 3.05) is 29.4 Å². The van der Waals surface area contributed by atoms with Crippen LogP contribution in [0.2, 0.25) is 0 Å². The minimum absolute atomic E-state index is 0.0259. The van der Waals surface area contributed by atoms with Crippen LogP contribution in [0.4, 0.5) is 11.6 Å². The highest BCUT2D eigenvalue weighted by molar-refractivity contribution is 6.06. The quantitative estimate of drug-likeness (QED) is 0.845. The van der Waals surface area contributed by atoms with Gasteiger partial charge in [0.15, 0.2) is 0 Å². The molecule has 0 saturated carbocycles. The molecule has 1 amide bonds. The van der Waals surface area contributed by atoms with Crippen LogP contribution in [-0.2, 0) is 6.42 Å². The van der Waals surface area contributed by atoms with E-state index in [1.165, 1.54) is 5.56 Å². The minimum atomic E-state index is -0.0259. The average molecular weight is 336 g/mol. The van der Waals surface area contributed by atoms with Gasteiger partial charge in [0.2, 0.25) is 5.95 Å². The molecule has 1 aromatic carbocycles. The van der Waals surface area contributed by atoms with Crippen LogP contribution in [-0.4, -0.2) is 35.5 Å². The first-order chi connectivity index (χ1) is 12.1. The molecule has 0 bridgehead atoms. The smallest absolute Gasteiger partial charge is 0.277 e. The normalized spacial score (nSPS) is 17.7. The molecule has 5 nitrogen and oxygen atoms in total. The summed E-state index contributed by atoms with van der Waals surface area (Å²) in [4.78, 5) is 26.3. The van der Waals surface area contributed by atoms with Crippen LogP contribution in [0.5, 0.6) is 0 Å². The van der Waals surface area contributed by atoms with Gasteiger partial charge in [-0.3, -0.25) is 4.79 Å². The Morgan fingerprint density at radius 3 is 2.68 bits per heavy atom. The van der Waals surface area contributed by atoms with Crippen molar-refractivity contribution >= 4 is 17.5 Å². The molecule has 0 aliphatic carbocycles. The summed E-state index contributed by atoms with van der Waals surface area (Å²) in [5, 5.41) is 0. The van der Waals surface area contributed by atoms with Crippen molar-refractivity contribution in [3.63, 3.8) is 0 Å². The van der Waals surface area contributed by atoms with E-state index in [0.717, 1.165) is 56.2 Å². The monoisotopic (exact) mass is 336 g/mol. The van der Waals surface area contributed by atoms with Crippen molar-refractivity contribution in [1.82, 2.24) is 9.97 Å². The molecule has 25 heavy (non-hydrogen) atoms. The number of fused-ring (bicyclic) bond motifs is 1. The van der Waals surface area contributed by atoms with Gasteiger partial charge in [-0.15, -0.1) is 0 Å². The summed E-state index contributed by atoms with van der Waals surface area (Å²) < 4.78 is 0. The van der Waals surface area contributed by atoms with E-state index in [-0.39, 0.29) is 5.91 Å². The summed E-state index contributed by atoms with van der Waals surface area (Å²) in [6, 6.07) is 9.92. The van der Waals surface area contributed by atoms with E-state index < -0.39 is 0 Å². The Bertz CT molecular complexity index is 796. The molecule has 130 valence electrons. The van der Waals surface area contributed by atoms with E-state index in [2.05, 4.69) is 27.9 Å². The largest absolute Gasteiger partial charge is 0.341 e. The Labute approximate surface area is 148 Å². The number of rotatable bonds is 2. The van der Waals surface area contributed by atoms with Crippen molar-refractivity contribution in [2.24, 2.45) is 5.92 Å². The molecule has 2 aliphatic heterocycles. The zero-order valence-corrected chi connectivity index (χ0v) is 14.9. The molecule has 3 heterocycles. The van der Waals surface area contributed by atoms with Crippen LogP contribution in [0, 0.1) is 12.8 Å². The van der Waals surface area contributed by atoms with Crippen molar-refractivity contribution in [3.8, 4) is 0 Å². The number of hydrogen-bond donors (Lipinski definition) is 0. The second-order valence-electron chi connectivity index (χ2n) is 7.20. The lowest BCUT2D eigenvalue weighted by atomic mass is 10.00. The van der Waals surface area contributed by atoms with E-state index in [1.54, 1.807) is 6.07 Å². The van der Waals surface area contributed by atoms with Crippen LogP contribution >= 0.6 is 0 Å². The zero-order valence-electron chi connectivity index (χ0n) is 14.9. The fourth-order valence-corrected chi connectivity index (χ4v) is 3.70. The Morgan fingerprint density at radius 1 is 1.12 bits per heavy atom. The lowest BCUT2D eigenvalue weighted by molar-refractivity contribution is 0.0984. The van der Waals surface area contributed by atoms with Gasteiger partial charge in [-0.2, -0.15) is 0 Å². The molecular weight excluding hydrogens is 312 g/mol. The van der Waals surface area contributed by atoms with Crippen molar-refractivity contribution in [3.05, 3.63) is 47.3 Å². The second-order valence-corrected chi connectivity index (χ2v) is 7.20. The molecule has 5 heteroatoms. The fraction of sp³-hybridized carbons (Fsp3) is 0.450. The minimum Gasteiger partial charge on any atom is -0.341 e. The first-order valence-electron chi connectivity index (χ1n) is 9.12. The molecule has 4 rings (SSSR count).